The van der Waals surface area contributed by atoms with Crippen LogP contribution in [0.15, 0.2) is 60.7 Å². The molecule has 3 atom stereocenters. The molecule has 2 aromatic rings. The second-order valence-corrected chi connectivity index (χ2v) is 8.81. The summed E-state index contributed by atoms with van der Waals surface area (Å²) in [5.41, 5.74) is -1.08. The average Bonchev–Trinajstić information content (AvgIpc) is 2.95. The first-order chi connectivity index (χ1) is 14.8. The molecule has 1 fully saturated rings. The first kappa shape index (κ1) is 21.4. The fraction of sp³-hybridized carbons (Fsp3) is 0.400. The van der Waals surface area contributed by atoms with Crippen molar-refractivity contribution in [3.8, 4) is 11.5 Å². The molecular formula is C25H30NO5+. The summed E-state index contributed by atoms with van der Waals surface area (Å²) in [5, 5.41) is 11.8. The van der Waals surface area contributed by atoms with Crippen molar-refractivity contribution in [3.05, 3.63) is 71.8 Å². The van der Waals surface area contributed by atoms with Gasteiger partial charge in [-0.1, -0.05) is 24.3 Å². The highest BCUT2D eigenvalue weighted by atomic mass is 16.6. The number of rotatable bonds is 6. The predicted octanol–water partition coefficient (Wildman–Crippen LogP) is 3.03. The zero-order valence-electron chi connectivity index (χ0n) is 18.4. The van der Waals surface area contributed by atoms with E-state index in [4.69, 9.17) is 14.2 Å². The molecule has 0 aromatic heterocycles. The summed E-state index contributed by atoms with van der Waals surface area (Å²) in [7, 11) is 7.56. The lowest BCUT2D eigenvalue weighted by molar-refractivity contribution is -0.926. The van der Waals surface area contributed by atoms with Gasteiger partial charge in [-0.3, -0.25) is 0 Å². The molecule has 4 rings (SSSR count). The number of quaternary nitrogens is 1. The van der Waals surface area contributed by atoms with Gasteiger partial charge in [0.1, 0.15) is 29.7 Å². The maximum atomic E-state index is 13.5. The van der Waals surface area contributed by atoms with Crippen molar-refractivity contribution in [2.45, 2.75) is 36.6 Å². The summed E-state index contributed by atoms with van der Waals surface area (Å²) in [6.45, 7) is 0. The fourth-order valence-corrected chi connectivity index (χ4v) is 4.68. The van der Waals surface area contributed by atoms with Crippen LogP contribution < -0.4 is 9.47 Å². The van der Waals surface area contributed by atoms with Crippen molar-refractivity contribution >= 4 is 5.97 Å². The first-order valence-electron chi connectivity index (χ1n) is 10.5. The van der Waals surface area contributed by atoms with Crippen LogP contribution in [0.2, 0.25) is 0 Å². The molecule has 6 heteroatoms. The van der Waals surface area contributed by atoms with Crippen LogP contribution in [-0.2, 0) is 15.1 Å². The third-order valence-corrected chi connectivity index (χ3v) is 6.86. The molecule has 164 valence electrons. The number of hydrogen-bond acceptors (Lipinski definition) is 5. The van der Waals surface area contributed by atoms with Crippen LogP contribution in [0, 0.1) is 0 Å². The van der Waals surface area contributed by atoms with Crippen molar-refractivity contribution in [3.63, 3.8) is 0 Å². The Hall–Kier alpha value is -2.83. The molecule has 2 aliphatic rings. The van der Waals surface area contributed by atoms with Crippen molar-refractivity contribution in [2.75, 3.05) is 28.3 Å². The topological polar surface area (TPSA) is 65.0 Å². The number of benzene rings is 2. The van der Waals surface area contributed by atoms with Crippen LogP contribution >= 0.6 is 0 Å². The molecule has 0 amide bonds. The van der Waals surface area contributed by atoms with E-state index in [0.29, 0.717) is 34.7 Å². The van der Waals surface area contributed by atoms with Crippen LogP contribution in [0.1, 0.15) is 24.0 Å². The maximum Gasteiger partial charge on any atom is 0.347 e. The summed E-state index contributed by atoms with van der Waals surface area (Å²) in [4.78, 5) is 13.5. The molecular weight excluding hydrogens is 394 g/mol. The van der Waals surface area contributed by atoms with Crippen molar-refractivity contribution < 1.29 is 28.6 Å². The maximum absolute atomic E-state index is 13.5. The van der Waals surface area contributed by atoms with E-state index in [1.54, 1.807) is 62.8 Å². The van der Waals surface area contributed by atoms with E-state index in [-0.39, 0.29) is 6.10 Å². The van der Waals surface area contributed by atoms with Crippen LogP contribution in [0.25, 0.3) is 0 Å². The van der Waals surface area contributed by atoms with Gasteiger partial charge >= 0.3 is 5.97 Å². The van der Waals surface area contributed by atoms with Gasteiger partial charge in [0.05, 0.1) is 28.3 Å². The second kappa shape index (κ2) is 8.02. The number of fused-ring (bicyclic) bond motifs is 2. The average molecular weight is 425 g/mol. The van der Waals surface area contributed by atoms with Gasteiger partial charge in [0.2, 0.25) is 5.60 Å². The Bertz CT molecular complexity index is 899. The largest absolute Gasteiger partial charge is 0.497 e. The summed E-state index contributed by atoms with van der Waals surface area (Å²) in [5.74, 6) is 0.618. The predicted molar refractivity (Wildman–Crippen MR) is 117 cm³/mol. The molecule has 1 N–H and O–H groups in total. The molecule has 31 heavy (non-hydrogen) atoms. The molecule has 6 nitrogen and oxygen atoms in total. The smallest absolute Gasteiger partial charge is 0.347 e. The summed E-state index contributed by atoms with van der Waals surface area (Å²) < 4.78 is 17.3. The molecule has 2 aliphatic heterocycles. The minimum atomic E-state index is -1.94. The van der Waals surface area contributed by atoms with Crippen molar-refractivity contribution in [2.24, 2.45) is 0 Å². The minimum Gasteiger partial charge on any atom is -0.497 e. The van der Waals surface area contributed by atoms with Gasteiger partial charge in [-0.05, 0) is 47.5 Å². The third kappa shape index (κ3) is 3.70. The number of esters is 1. The Balaban J connectivity index is 1.64. The number of ether oxygens (including phenoxy) is 3. The fourth-order valence-electron chi connectivity index (χ4n) is 4.68. The molecule has 2 bridgehead atoms. The number of carbonyl (C=O) groups excluding carboxylic acids is 1. The highest BCUT2D eigenvalue weighted by molar-refractivity contribution is 5.85. The summed E-state index contributed by atoms with van der Waals surface area (Å²) >= 11 is 0. The normalized spacial score (nSPS) is 24.0. The van der Waals surface area contributed by atoms with Crippen molar-refractivity contribution in [1.82, 2.24) is 0 Å². The lowest BCUT2D eigenvalue weighted by Crippen LogP contribution is -2.57. The second-order valence-electron chi connectivity index (χ2n) is 8.81. The lowest BCUT2D eigenvalue weighted by Gasteiger charge is -2.44. The molecule has 2 unspecified atom stereocenters. The van der Waals surface area contributed by atoms with Crippen molar-refractivity contribution in [1.29, 1.82) is 0 Å². The van der Waals surface area contributed by atoms with E-state index in [1.165, 1.54) is 0 Å². The van der Waals surface area contributed by atoms with Crippen LogP contribution in [0.3, 0.4) is 0 Å². The van der Waals surface area contributed by atoms with Gasteiger partial charge in [-0.2, -0.15) is 0 Å². The van der Waals surface area contributed by atoms with E-state index >= 15 is 0 Å². The Kier molecular flexibility index (Phi) is 5.54. The molecule has 0 saturated carbocycles. The number of likely N-dealkylation sites (N-methyl/N-ethyl adjacent to an activating group) is 1. The zero-order chi connectivity index (χ0) is 22.2. The summed E-state index contributed by atoms with van der Waals surface area (Å²) in [6.07, 6.45) is 5.68. The highest BCUT2D eigenvalue weighted by Gasteiger charge is 2.49. The number of hydrogen-bond donors (Lipinski definition) is 1. The van der Waals surface area contributed by atoms with Gasteiger partial charge in [0.25, 0.3) is 0 Å². The van der Waals surface area contributed by atoms with Gasteiger partial charge in [-0.15, -0.1) is 0 Å². The Morgan fingerprint density at radius 2 is 1.29 bits per heavy atom. The van der Waals surface area contributed by atoms with E-state index in [1.807, 2.05) is 0 Å². The summed E-state index contributed by atoms with van der Waals surface area (Å²) in [6, 6.07) is 14.3. The molecule has 0 spiro atoms. The Morgan fingerprint density at radius 3 is 1.68 bits per heavy atom. The molecule has 1 saturated heterocycles. The minimum absolute atomic E-state index is 0.244. The molecule has 2 heterocycles. The Morgan fingerprint density at radius 1 is 0.871 bits per heavy atom. The van der Waals surface area contributed by atoms with E-state index in [2.05, 4.69) is 26.2 Å². The van der Waals surface area contributed by atoms with E-state index < -0.39 is 11.6 Å². The Labute approximate surface area is 183 Å². The monoisotopic (exact) mass is 424 g/mol. The number of carbonyl (C=O) groups is 1. The van der Waals surface area contributed by atoms with E-state index in [0.717, 1.165) is 17.3 Å². The van der Waals surface area contributed by atoms with Gasteiger partial charge in [0.15, 0.2) is 0 Å². The van der Waals surface area contributed by atoms with E-state index in [9.17, 15) is 9.90 Å². The highest BCUT2D eigenvalue weighted by Crippen LogP contribution is 2.38. The lowest BCUT2D eigenvalue weighted by atomic mass is 9.86. The quantitative estimate of drug-likeness (QED) is 0.439. The van der Waals surface area contributed by atoms with Crippen LogP contribution in [0.5, 0.6) is 11.5 Å². The first-order valence-corrected chi connectivity index (χ1v) is 10.5. The number of piperidine rings is 1. The number of aliphatic hydroxyl groups is 1. The van der Waals surface area contributed by atoms with Gasteiger partial charge in [0, 0.05) is 12.8 Å². The standard InChI is InChI=1S/C25H30NO5/c1-26(2)19-9-10-20(26)16-23(15-19)31-24(27)25(28,17-5-11-21(29-3)12-6-17)18-7-13-22(30-4)14-8-18/h5-14,19-20,23,28H,15-16H2,1-4H3/q+1/t19-,20?,23?/m1/s1. The molecule has 2 aromatic carbocycles. The molecule has 0 radical (unpaired) electrons. The number of nitrogens with zero attached hydrogens (tertiary/aromatic N) is 1. The number of methoxy groups -OCH3 is 2. The van der Waals surface area contributed by atoms with Crippen LogP contribution in [-0.4, -0.2) is 62.1 Å². The van der Waals surface area contributed by atoms with Gasteiger partial charge < -0.3 is 23.8 Å². The third-order valence-electron chi connectivity index (χ3n) is 6.86. The van der Waals surface area contributed by atoms with Gasteiger partial charge in [-0.25, -0.2) is 4.79 Å². The van der Waals surface area contributed by atoms with Crippen LogP contribution in [0.4, 0.5) is 0 Å². The SMILES string of the molecule is COc1ccc(C(O)(C(=O)OC2CC3C=C[C@H](C2)[N+]3(C)C)c2ccc(OC)cc2)cc1. The zero-order valence-corrected chi connectivity index (χ0v) is 18.4. The molecule has 0 aliphatic carbocycles.